The molecule has 29 heavy (non-hydrogen) atoms. The summed E-state index contributed by atoms with van der Waals surface area (Å²) >= 11 is 0. The number of aromatic nitrogens is 3. The lowest BCUT2D eigenvalue weighted by atomic mass is 10.0. The van der Waals surface area contributed by atoms with Gasteiger partial charge in [-0.3, -0.25) is 4.79 Å². The summed E-state index contributed by atoms with van der Waals surface area (Å²) in [6, 6.07) is 9.46. The lowest BCUT2D eigenvalue weighted by Gasteiger charge is -2.35. The number of aryl methyl sites for hydroxylation is 2. The van der Waals surface area contributed by atoms with E-state index < -0.39 is 0 Å². The standard InChI is InChI=1S/C22H27N5O2/c1-3-26-13-11-23-20(26)19-10-6-7-12-27(19)22(29)24-15-17-14-16-8-4-5-9-18(16)25(2)21(17)28/h4-5,8-9,11,13-14,19H,3,6-7,10,12,15H2,1-2H3,(H,24,29). The zero-order chi connectivity index (χ0) is 20.4. The van der Waals surface area contributed by atoms with E-state index in [1.165, 1.54) is 0 Å². The lowest BCUT2D eigenvalue weighted by molar-refractivity contribution is 0.145. The summed E-state index contributed by atoms with van der Waals surface area (Å²) < 4.78 is 3.73. The van der Waals surface area contributed by atoms with Crippen molar-refractivity contribution in [2.45, 2.75) is 45.3 Å². The molecule has 7 heteroatoms. The van der Waals surface area contributed by atoms with Crippen LogP contribution >= 0.6 is 0 Å². The van der Waals surface area contributed by atoms with Crippen molar-refractivity contribution >= 4 is 16.9 Å². The number of para-hydroxylation sites is 1. The molecule has 1 saturated heterocycles. The van der Waals surface area contributed by atoms with Crippen LogP contribution in [0.5, 0.6) is 0 Å². The zero-order valence-electron chi connectivity index (χ0n) is 17.0. The Hall–Kier alpha value is -3.09. The number of hydrogen-bond donors (Lipinski definition) is 1. The molecule has 2 aromatic heterocycles. The summed E-state index contributed by atoms with van der Waals surface area (Å²) in [5.41, 5.74) is 1.39. The summed E-state index contributed by atoms with van der Waals surface area (Å²) in [7, 11) is 1.77. The van der Waals surface area contributed by atoms with Crippen molar-refractivity contribution < 1.29 is 4.79 Å². The molecule has 0 saturated carbocycles. The molecule has 4 rings (SSSR count). The van der Waals surface area contributed by atoms with Gasteiger partial charge in [-0.2, -0.15) is 0 Å². The van der Waals surface area contributed by atoms with Crippen molar-refractivity contribution in [2.24, 2.45) is 7.05 Å². The van der Waals surface area contributed by atoms with E-state index in [9.17, 15) is 9.59 Å². The van der Waals surface area contributed by atoms with Crippen LogP contribution in [0.15, 0.2) is 47.5 Å². The average molecular weight is 393 g/mol. The highest BCUT2D eigenvalue weighted by Crippen LogP contribution is 2.30. The van der Waals surface area contributed by atoms with Gasteiger partial charge in [-0.05, 0) is 43.7 Å². The highest BCUT2D eigenvalue weighted by molar-refractivity contribution is 5.80. The molecule has 0 aliphatic carbocycles. The smallest absolute Gasteiger partial charge is 0.318 e. The van der Waals surface area contributed by atoms with E-state index in [0.29, 0.717) is 12.1 Å². The number of likely N-dealkylation sites (tertiary alicyclic amines) is 1. The van der Waals surface area contributed by atoms with Gasteiger partial charge in [-0.25, -0.2) is 9.78 Å². The van der Waals surface area contributed by atoms with Crippen LogP contribution in [0.25, 0.3) is 10.9 Å². The molecule has 3 aromatic rings. The molecule has 1 N–H and O–H groups in total. The van der Waals surface area contributed by atoms with Crippen LogP contribution < -0.4 is 10.9 Å². The number of rotatable bonds is 4. The lowest BCUT2D eigenvalue weighted by Crippen LogP contribution is -2.45. The fraction of sp³-hybridized carbons (Fsp3) is 0.409. The van der Waals surface area contributed by atoms with Gasteiger partial charge >= 0.3 is 6.03 Å². The van der Waals surface area contributed by atoms with Crippen LogP contribution in [0.1, 0.15) is 43.6 Å². The zero-order valence-corrected chi connectivity index (χ0v) is 17.0. The van der Waals surface area contributed by atoms with Crippen LogP contribution in [0.3, 0.4) is 0 Å². The van der Waals surface area contributed by atoms with Crippen molar-refractivity contribution in [3.63, 3.8) is 0 Å². The Morgan fingerprint density at radius 1 is 1.28 bits per heavy atom. The minimum absolute atomic E-state index is 0.0295. The van der Waals surface area contributed by atoms with Crippen LogP contribution in [-0.2, 0) is 20.1 Å². The Balaban J connectivity index is 1.54. The van der Waals surface area contributed by atoms with Crippen LogP contribution in [0, 0.1) is 0 Å². The van der Waals surface area contributed by atoms with Crippen LogP contribution in [0.2, 0.25) is 0 Å². The number of pyridine rings is 1. The Morgan fingerprint density at radius 3 is 2.93 bits per heavy atom. The molecule has 0 radical (unpaired) electrons. The molecule has 1 unspecified atom stereocenters. The predicted octanol–water partition coefficient (Wildman–Crippen LogP) is 3.19. The summed E-state index contributed by atoms with van der Waals surface area (Å²) in [5, 5.41) is 3.95. The molecule has 1 fully saturated rings. The number of urea groups is 1. The van der Waals surface area contributed by atoms with E-state index in [2.05, 4.69) is 21.8 Å². The molecule has 1 aliphatic rings. The van der Waals surface area contributed by atoms with Gasteiger partial charge in [-0.15, -0.1) is 0 Å². The van der Waals surface area contributed by atoms with Crippen molar-refractivity contribution in [1.82, 2.24) is 24.3 Å². The SMILES string of the molecule is CCn1ccnc1C1CCCCN1C(=O)NCc1cc2ccccc2n(C)c1=O. The first-order valence-corrected chi connectivity index (χ1v) is 10.2. The molecule has 2 amide bonds. The maximum Gasteiger partial charge on any atom is 0.318 e. The Kier molecular flexibility index (Phi) is 5.38. The van der Waals surface area contributed by atoms with Crippen LogP contribution in [0.4, 0.5) is 4.79 Å². The Labute approximate surface area is 170 Å². The van der Waals surface area contributed by atoms with E-state index >= 15 is 0 Å². The molecule has 0 spiro atoms. The summed E-state index contributed by atoms with van der Waals surface area (Å²) in [6.07, 6.45) is 6.72. The maximum absolute atomic E-state index is 13.0. The average Bonchev–Trinajstić information content (AvgIpc) is 3.24. The molecule has 1 aromatic carbocycles. The van der Waals surface area contributed by atoms with E-state index in [0.717, 1.165) is 42.5 Å². The second-order valence-electron chi connectivity index (χ2n) is 7.53. The highest BCUT2D eigenvalue weighted by Gasteiger charge is 2.30. The molecule has 1 aliphatic heterocycles. The van der Waals surface area contributed by atoms with Gasteiger partial charge in [-0.1, -0.05) is 18.2 Å². The molecule has 3 heterocycles. The third kappa shape index (κ3) is 3.64. The number of nitrogens with one attached hydrogen (secondary N) is 1. The highest BCUT2D eigenvalue weighted by atomic mass is 16.2. The fourth-order valence-electron chi connectivity index (χ4n) is 4.22. The first-order chi connectivity index (χ1) is 14.1. The van der Waals surface area contributed by atoms with E-state index in [1.807, 2.05) is 41.4 Å². The number of hydrogen-bond acceptors (Lipinski definition) is 3. The first kappa shape index (κ1) is 19.2. The van der Waals surface area contributed by atoms with Gasteiger partial charge in [0.05, 0.1) is 11.6 Å². The molecular weight excluding hydrogens is 366 g/mol. The number of fused-ring (bicyclic) bond motifs is 1. The van der Waals surface area contributed by atoms with Crippen molar-refractivity contribution in [2.75, 3.05) is 6.54 Å². The third-order valence-corrected chi connectivity index (χ3v) is 5.79. The predicted molar refractivity (Wildman–Crippen MR) is 113 cm³/mol. The molecule has 0 bridgehead atoms. The second-order valence-corrected chi connectivity index (χ2v) is 7.53. The third-order valence-electron chi connectivity index (χ3n) is 5.79. The molecule has 1 atom stereocenters. The van der Waals surface area contributed by atoms with Crippen molar-refractivity contribution in [1.29, 1.82) is 0 Å². The second kappa shape index (κ2) is 8.11. The normalized spacial score (nSPS) is 16.9. The van der Waals surface area contributed by atoms with Crippen molar-refractivity contribution in [3.8, 4) is 0 Å². The Morgan fingerprint density at radius 2 is 2.10 bits per heavy atom. The summed E-state index contributed by atoms with van der Waals surface area (Å²) in [5.74, 6) is 0.934. The molecule has 152 valence electrons. The number of carbonyl (C=O) groups excluding carboxylic acids is 1. The van der Waals surface area contributed by atoms with E-state index in [-0.39, 0.29) is 24.2 Å². The van der Waals surface area contributed by atoms with Crippen LogP contribution in [-0.4, -0.2) is 31.6 Å². The van der Waals surface area contributed by atoms with E-state index in [4.69, 9.17) is 0 Å². The maximum atomic E-state index is 13.0. The van der Waals surface area contributed by atoms with Gasteiger partial charge in [0.2, 0.25) is 0 Å². The first-order valence-electron chi connectivity index (χ1n) is 10.2. The monoisotopic (exact) mass is 393 g/mol. The number of carbonyl (C=O) groups is 1. The van der Waals surface area contributed by atoms with Gasteiger partial charge in [0.25, 0.3) is 5.56 Å². The quantitative estimate of drug-likeness (QED) is 0.740. The molecular formula is C22H27N5O2. The summed E-state index contributed by atoms with van der Waals surface area (Å²) in [6.45, 7) is 3.81. The Bertz CT molecular complexity index is 1080. The van der Waals surface area contributed by atoms with Gasteiger partial charge in [0.1, 0.15) is 5.82 Å². The van der Waals surface area contributed by atoms with Gasteiger partial charge in [0.15, 0.2) is 0 Å². The topological polar surface area (TPSA) is 72.2 Å². The van der Waals surface area contributed by atoms with E-state index in [1.54, 1.807) is 17.8 Å². The van der Waals surface area contributed by atoms with Crippen molar-refractivity contribution in [3.05, 3.63) is 64.5 Å². The number of amides is 2. The largest absolute Gasteiger partial charge is 0.334 e. The van der Waals surface area contributed by atoms with Gasteiger partial charge in [0, 0.05) is 44.6 Å². The fourth-order valence-corrected chi connectivity index (χ4v) is 4.22. The number of benzene rings is 1. The summed E-state index contributed by atoms with van der Waals surface area (Å²) in [4.78, 5) is 32.1. The number of piperidine rings is 1. The minimum Gasteiger partial charge on any atom is -0.334 e. The number of imidazole rings is 1. The molecule has 7 nitrogen and oxygen atoms in total. The number of nitrogens with zero attached hydrogens (tertiary/aromatic N) is 4. The van der Waals surface area contributed by atoms with Gasteiger partial charge < -0.3 is 19.4 Å². The minimum atomic E-state index is -0.143.